The highest BCUT2D eigenvalue weighted by Crippen LogP contribution is 2.11. The molecule has 0 atom stereocenters. The number of aromatic nitrogens is 2. The normalized spacial score (nSPS) is 11.4. The Hall–Kier alpha value is -2.63. The minimum atomic E-state index is -0.0302. The van der Waals surface area contributed by atoms with Gasteiger partial charge in [-0.1, -0.05) is 35.0 Å². The fourth-order valence-electron chi connectivity index (χ4n) is 1.76. The van der Waals surface area contributed by atoms with Crippen LogP contribution in [0.15, 0.2) is 41.7 Å². The minimum absolute atomic E-state index is 0.0302. The molecule has 2 rings (SSSR count). The van der Waals surface area contributed by atoms with Crippen molar-refractivity contribution in [1.82, 2.24) is 9.97 Å². The Morgan fingerprint density at radius 1 is 1.30 bits per heavy atom. The maximum atomic E-state index is 8.67. The number of aryl methyl sites for hydroxylation is 1. The molecule has 6 heteroatoms. The van der Waals surface area contributed by atoms with Crippen molar-refractivity contribution in [2.24, 2.45) is 10.9 Å². The molecule has 2 aromatic rings. The molecule has 1 aromatic heterocycles. The van der Waals surface area contributed by atoms with Crippen molar-refractivity contribution in [3.63, 3.8) is 0 Å². The van der Waals surface area contributed by atoms with Gasteiger partial charge in [0.1, 0.15) is 5.69 Å². The molecule has 0 aliphatic carbocycles. The first-order valence-electron chi connectivity index (χ1n) is 6.18. The second-order valence-electron chi connectivity index (χ2n) is 4.57. The molecular formula is C14H17N5O. The SMILES string of the molecule is Cc1ccc(CN(C)c2nccc(/C(N)=N/O)n2)cc1. The number of anilines is 1. The van der Waals surface area contributed by atoms with Gasteiger partial charge in [0, 0.05) is 19.8 Å². The largest absolute Gasteiger partial charge is 0.409 e. The first-order chi connectivity index (χ1) is 9.60. The number of nitrogens with zero attached hydrogens (tertiary/aromatic N) is 4. The average Bonchev–Trinajstić information content (AvgIpc) is 2.49. The van der Waals surface area contributed by atoms with E-state index in [-0.39, 0.29) is 5.84 Å². The van der Waals surface area contributed by atoms with Gasteiger partial charge >= 0.3 is 0 Å². The first kappa shape index (κ1) is 13.8. The van der Waals surface area contributed by atoms with E-state index in [1.54, 1.807) is 12.3 Å². The summed E-state index contributed by atoms with van der Waals surface area (Å²) in [6.07, 6.45) is 1.58. The van der Waals surface area contributed by atoms with E-state index in [4.69, 9.17) is 10.9 Å². The summed E-state index contributed by atoms with van der Waals surface area (Å²) in [6, 6.07) is 9.87. The third-order valence-electron chi connectivity index (χ3n) is 2.89. The van der Waals surface area contributed by atoms with Crippen LogP contribution in [0.25, 0.3) is 0 Å². The van der Waals surface area contributed by atoms with Crippen LogP contribution in [0.2, 0.25) is 0 Å². The standard InChI is InChI=1S/C14H17N5O/c1-10-3-5-11(6-4-10)9-19(2)14-16-8-7-12(17-14)13(15)18-20/h3-8,20H,9H2,1-2H3,(H2,15,18). The third-order valence-corrected chi connectivity index (χ3v) is 2.89. The van der Waals surface area contributed by atoms with Gasteiger partial charge in [-0.15, -0.1) is 0 Å². The van der Waals surface area contributed by atoms with E-state index >= 15 is 0 Å². The molecule has 0 spiro atoms. The fourth-order valence-corrected chi connectivity index (χ4v) is 1.76. The molecule has 0 saturated carbocycles. The molecule has 0 unspecified atom stereocenters. The van der Waals surface area contributed by atoms with Gasteiger partial charge in [0.15, 0.2) is 5.84 Å². The predicted octanol–water partition coefficient (Wildman–Crippen LogP) is 1.52. The van der Waals surface area contributed by atoms with Crippen molar-refractivity contribution in [2.45, 2.75) is 13.5 Å². The summed E-state index contributed by atoms with van der Waals surface area (Å²) in [5.41, 5.74) is 8.31. The number of nitrogens with two attached hydrogens (primary N) is 1. The Bertz CT molecular complexity index is 609. The van der Waals surface area contributed by atoms with Gasteiger partial charge in [-0.25, -0.2) is 9.97 Å². The number of benzene rings is 1. The molecule has 104 valence electrons. The predicted molar refractivity (Wildman–Crippen MR) is 77.8 cm³/mol. The molecular weight excluding hydrogens is 254 g/mol. The molecule has 1 heterocycles. The Morgan fingerprint density at radius 3 is 2.65 bits per heavy atom. The molecule has 0 saturated heterocycles. The van der Waals surface area contributed by atoms with Crippen LogP contribution in [0, 0.1) is 6.92 Å². The van der Waals surface area contributed by atoms with Crippen molar-refractivity contribution in [3.8, 4) is 0 Å². The second kappa shape index (κ2) is 6.01. The average molecular weight is 271 g/mol. The van der Waals surface area contributed by atoms with E-state index in [2.05, 4.69) is 46.3 Å². The van der Waals surface area contributed by atoms with Crippen molar-refractivity contribution >= 4 is 11.8 Å². The maximum absolute atomic E-state index is 8.67. The van der Waals surface area contributed by atoms with Crippen LogP contribution in [0.1, 0.15) is 16.8 Å². The van der Waals surface area contributed by atoms with Crippen molar-refractivity contribution < 1.29 is 5.21 Å². The van der Waals surface area contributed by atoms with Gasteiger partial charge in [0.2, 0.25) is 5.95 Å². The van der Waals surface area contributed by atoms with E-state index in [1.807, 2.05) is 11.9 Å². The number of oxime groups is 1. The minimum Gasteiger partial charge on any atom is -0.409 e. The number of hydrogen-bond donors (Lipinski definition) is 2. The fraction of sp³-hybridized carbons (Fsp3) is 0.214. The topological polar surface area (TPSA) is 87.6 Å². The number of amidine groups is 1. The van der Waals surface area contributed by atoms with Crippen molar-refractivity contribution in [2.75, 3.05) is 11.9 Å². The Labute approximate surface area is 117 Å². The van der Waals surface area contributed by atoms with Gasteiger partial charge in [-0.05, 0) is 18.6 Å². The number of rotatable bonds is 4. The third kappa shape index (κ3) is 3.23. The summed E-state index contributed by atoms with van der Waals surface area (Å²) in [4.78, 5) is 10.4. The molecule has 3 N–H and O–H groups in total. The molecule has 1 aromatic carbocycles. The summed E-state index contributed by atoms with van der Waals surface area (Å²) in [6.45, 7) is 2.73. The van der Waals surface area contributed by atoms with Crippen LogP contribution in [0.4, 0.5) is 5.95 Å². The highest BCUT2D eigenvalue weighted by Gasteiger charge is 2.08. The van der Waals surface area contributed by atoms with Crippen molar-refractivity contribution in [3.05, 3.63) is 53.3 Å². The van der Waals surface area contributed by atoms with E-state index in [0.29, 0.717) is 18.2 Å². The lowest BCUT2D eigenvalue weighted by atomic mass is 10.1. The second-order valence-corrected chi connectivity index (χ2v) is 4.57. The molecule has 6 nitrogen and oxygen atoms in total. The first-order valence-corrected chi connectivity index (χ1v) is 6.18. The molecule has 0 radical (unpaired) electrons. The van der Waals surface area contributed by atoms with Crippen LogP contribution in [-0.2, 0) is 6.54 Å². The number of hydrogen-bond acceptors (Lipinski definition) is 5. The van der Waals surface area contributed by atoms with E-state index in [1.165, 1.54) is 5.56 Å². The van der Waals surface area contributed by atoms with Crippen molar-refractivity contribution in [1.29, 1.82) is 0 Å². The van der Waals surface area contributed by atoms with E-state index in [0.717, 1.165) is 5.56 Å². The molecule has 0 bridgehead atoms. The quantitative estimate of drug-likeness (QED) is 0.381. The summed E-state index contributed by atoms with van der Waals surface area (Å²) >= 11 is 0. The van der Waals surface area contributed by atoms with Crippen LogP contribution < -0.4 is 10.6 Å². The Kier molecular flexibility index (Phi) is 4.14. The van der Waals surface area contributed by atoms with Crippen LogP contribution in [0.5, 0.6) is 0 Å². The summed E-state index contributed by atoms with van der Waals surface area (Å²) in [7, 11) is 1.89. The zero-order valence-electron chi connectivity index (χ0n) is 11.5. The lowest BCUT2D eigenvalue weighted by Crippen LogP contribution is -2.22. The zero-order valence-corrected chi connectivity index (χ0v) is 11.5. The monoisotopic (exact) mass is 271 g/mol. The van der Waals surface area contributed by atoms with E-state index < -0.39 is 0 Å². The lowest BCUT2D eigenvalue weighted by Gasteiger charge is -2.17. The summed E-state index contributed by atoms with van der Waals surface area (Å²) in [5, 5.41) is 11.6. The molecule has 0 fully saturated rings. The highest BCUT2D eigenvalue weighted by molar-refractivity contribution is 5.95. The van der Waals surface area contributed by atoms with Gasteiger partial charge in [0.05, 0.1) is 0 Å². The summed E-state index contributed by atoms with van der Waals surface area (Å²) in [5.74, 6) is 0.493. The molecule has 20 heavy (non-hydrogen) atoms. The molecule has 0 aliphatic heterocycles. The molecule has 0 aliphatic rings. The lowest BCUT2D eigenvalue weighted by molar-refractivity contribution is 0.318. The van der Waals surface area contributed by atoms with Gasteiger partial charge in [-0.2, -0.15) is 0 Å². The zero-order chi connectivity index (χ0) is 14.5. The van der Waals surface area contributed by atoms with E-state index in [9.17, 15) is 0 Å². The van der Waals surface area contributed by atoms with Gasteiger partial charge in [-0.3, -0.25) is 0 Å². The van der Waals surface area contributed by atoms with Crippen LogP contribution >= 0.6 is 0 Å². The Morgan fingerprint density at radius 2 is 2.00 bits per heavy atom. The smallest absolute Gasteiger partial charge is 0.226 e. The van der Waals surface area contributed by atoms with Crippen LogP contribution in [-0.4, -0.2) is 28.1 Å². The molecule has 0 amide bonds. The van der Waals surface area contributed by atoms with Crippen LogP contribution in [0.3, 0.4) is 0 Å². The van der Waals surface area contributed by atoms with Gasteiger partial charge < -0.3 is 15.8 Å². The highest BCUT2D eigenvalue weighted by atomic mass is 16.4. The summed E-state index contributed by atoms with van der Waals surface area (Å²) < 4.78 is 0. The maximum Gasteiger partial charge on any atom is 0.226 e. The van der Waals surface area contributed by atoms with Gasteiger partial charge in [0.25, 0.3) is 0 Å². The Balaban J connectivity index is 2.16.